The zero-order valence-corrected chi connectivity index (χ0v) is 18.7. The number of rotatable bonds is 9. The molecule has 1 aromatic rings. The summed E-state index contributed by atoms with van der Waals surface area (Å²) in [5, 5.41) is 7.53. The summed E-state index contributed by atoms with van der Waals surface area (Å²) in [6.45, 7) is 23.3. The molecule has 2 rings (SSSR count). The van der Waals surface area contributed by atoms with E-state index in [1.54, 1.807) is 0 Å². The van der Waals surface area contributed by atoms with Gasteiger partial charge in [0, 0.05) is 28.0 Å². The highest BCUT2D eigenvalue weighted by Gasteiger charge is 2.23. The second-order valence-electron chi connectivity index (χ2n) is 8.46. The van der Waals surface area contributed by atoms with E-state index in [4.69, 9.17) is 0 Å². The molecule has 156 valence electrons. The molecular formula is C26H42N2. The Hall–Kier alpha value is -1.90. The lowest BCUT2D eigenvalue weighted by Crippen LogP contribution is -2.49. The molecular weight excluding hydrogens is 340 g/mol. The number of allylic oxidation sites excluding steroid dienone is 2. The van der Waals surface area contributed by atoms with E-state index in [1.165, 1.54) is 39.8 Å². The van der Waals surface area contributed by atoms with Crippen LogP contribution in [0.25, 0.3) is 0 Å². The Morgan fingerprint density at radius 3 is 2.00 bits per heavy atom. The van der Waals surface area contributed by atoms with Crippen molar-refractivity contribution in [2.75, 3.05) is 6.54 Å². The number of hydrogen-bond donors (Lipinski definition) is 2. The number of nitrogens with one attached hydrogen (secondary N) is 2. The van der Waals surface area contributed by atoms with E-state index in [1.807, 2.05) is 0 Å². The highest BCUT2D eigenvalue weighted by molar-refractivity contribution is 5.38. The first kappa shape index (κ1) is 22.4. The molecule has 1 aromatic carbocycles. The highest BCUT2D eigenvalue weighted by Crippen LogP contribution is 2.25. The molecule has 0 bridgehead atoms. The molecule has 0 heterocycles. The Balaban J connectivity index is 0.00000420. The molecule has 1 aliphatic rings. The molecule has 0 aliphatic heterocycles. The molecule has 0 radical (unpaired) electrons. The van der Waals surface area contributed by atoms with E-state index in [0.717, 1.165) is 30.7 Å². The Morgan fingerprint density at radius 1 is 0.964 bits per heavy atom. The fourth-order valence-electron chi connectivity index (χ4n) is 4.11. The number of aryl methyl sites for hydroxylation is 2. The molecule has 1 aliphatic carbocycles. The standard InChI is InChI=1S/C26H38N2.2H2/c1-17(2)25(27-15-23-19(5)11-9-12-20(23)6)26(18(3)4)28-16-24-21(7)13-10-14-22(24)8;;/h9,11-13,25-28H,1,3,10,14-16H2,2,4-8H3;2*1H/t25-,26-;;/m0../s1. The molecule has 0 spiro atoms. The summed E-state index contributed by atoms with van der Waals surface area (Å²) in [4.78, 5) is 0. The second-order valence-corrected chi connectivity index (χ2v) is 8.46. The summed E-state index contributed by atoms with van der Waals surface area (Å²) in [5.41, 5.74) is 10.7. The van der Waals surface area contributed by atoms with Crippen molar-refractivity contribution in [3.63, 3.8) is 0 Å². The third kappa shape index (κ3) is 5.56. The van der Waals surface area contributed by atoms with Gasteiger partial charge in [0.05, 0.1) is 0 Å². The van der Waals surface area contributed by atoms with Crippen LogP contribution in [0.1, 0.15) is 60.1 Å². The SMILES string of the molecule is C=C(C)[C@H](NCC1=C(C)CCC=C1C)[C@@H](NCc1c(C)cccc1C)C(=C)C.[HH].[HH]. The third-order valence-electron chi connectivity index (χ3n) is 6.00. The summed E-state index contributed by atoms with van der Waals surface area (Å²) < 4.78 is 0. The number of hydrogen-bond acceptors (Lipinski definition) is 2. The van der Waals surface area contributed by atoms with Gasteiger partial charge in [-0.15, -0.1) is 0 Å². The van der Waals surface area contributed by atoms with E-state index in [2.05, 4.69) is 89.6 Å². The lowest BCUT2D eigenvalue weighted by molar-refractivity contribution is 0.449. The topological polar surface area (TPSA) is 24.1 Å². The van der Waals surface area contributed by atoms with Crippen molar-refractivity contribution in [3.8, 4) is 0 Å². The third-order valence-corrected chi connectivity index (χ3v) is 6.00. The van der Waals surface area contributed by atoms with Gasteiger partial charge in [0.25, 0.3) is 0 Å². The van der Waals surface area contributed by atoms with Gasteiger partial charge in [-0.3, -0.25) is 0 Å². The predicted octanol–water partition coefficient (Wildman–Crippen LogP) is 6.42. The summed E-state index contributed by atoms with van der Waals surface area (Å²) in [5.74, 6) is 0. The van der Waals surface area contributed by atoms with Crippen molar-refractivity contribution in [2.45, 2.75) is 73.0 Å². The van der Waals surface area contributed by atoms with Gasteiger partial charge < -0.3 is 10.6 Å². The Labute approximate surface area is 175 Å². The van der Waals surface area contributed by atoms with Crippen LogP contribution in [0, 0.1) is 13.8 Å². The van der Waals surface area contributed by atoms with Gasteiger partial charge in [0.2, 0.25) is 0 Å². The molecule has 0 aromatic heterocycles. The largest absolute Gasteiger partial charge is 0.305 e. The van der Waals surface area contributed by atoms with Gasteiger partial charge in [-0.2, -0.15) is 0 Å². The van der Waals surface area contributed by atoms with E-state index in [9.17, 15) is 0 Å². The quantitative estimate of drug-likeness (QED) is 0.481. The highest BCUT2D eigenvalue weighted by atomic mass is 15.0. The molecule has 0 amide bonds. The van der Waals surface area contributed by atoms with Gasteiger partial charge in [-0.1, -0.05) is 59.7 Å². The normalized spacial score (nSPS) is 16.6. The molecule has 28 heavy (non-hydrogen) atoms. The van der Waals surface area contributed by atoms with Crippen molar-refractivity contribution in [2.24, 2.45) is 0 Å². The van der Waals surface area contributed by atoms with Crippen molar-refractivity contribution in [3.05, 3.63) is 82.0 Å². The van der Waals surface area contributed by atoms with E-state index in [0.29, 0.717) is 0 Å². The van der Waals surface area contributed by atoms with Crippen LogP contribution >= 0.6 is 0 Å². The summed E-state index contributed by atoms with van der Waals surface area (Å²) in [7, 11) is 0. The predicted molar refractivity (Wildman–Crippen MR) is 128 cm³/mol. The molecule has 2 atom stereocenters. The monoisotopic (exact) mass is 382 g/mol. The molecule has 0 fully saturated rings. The zero-order chi connectivity index (χ0) is 20.8. The maximum Gasteiger partial charge on any atom is 0.0471 e. The molecule has 0 unspecified atom stereocenters. The van der Waals surface area contributed by atoms with Crippen molar-refractivity contribution in [1.82, 2.24) is 10.6 Å². The van der Waals surface area contributed by atoms with E-state index in [-0.39, 0.29) is 14.9 Å². The van der Waals surface area contributed by atoms with Gasteiger partial charge >= 0.3 is 0 Å². The molecule has 2 N–H and O–H groups in total. The Bertz CT molecular complexity index is 785. The Kier molecular flexibility index (Phi) is 8.03. The summed E-state index contributed by atoms with van der Waals surface area (Å²) in [6, 6.07) is 6.78. The second kappa shape index (κ2) is 10.0. The smallest absolute Gasteiger partial charge is 0.0471 e. The van der Waals surface area contributed by atoms with Crippen LogP contribution < -0.4 is 10.6 Å². The van der Waals surface area contributed by atoms with Crippen LogP contribution in [0.15, 0.2) is 65.3 Å². The first-order valence-electron chi connectivity index (χ1n) is 10.4. The van der Waals surface area contributed by atoms with Crippen LogP contribution in [0.4, 0.5) is 0 Å². The minimum absolute atomic E-state index is 0. The zero-order valence-electron chi connectivity index (χ0n) is 18.7. The van der Waals surface area contributed by atoms with Gasteiger partial charge in [-0.25, -0.2) is 0 Å². The van der Waals surface area contributed by atoms with Crippen LogP contribution in [-0.4, -0.2) is 18.6 Å². The first-order valence-corrected chi connectivity index (χ1v) is 10.4. The molecule has 0 saturated carbocycles. The van der Waals surface area contributed by atoms with Crippen LogP contribution in [0.2, 0.25) is 0 Å². The maximum atomic E-state index is 4.28. The van der Waals surface area contributed by atoms with Crippen LogP contribution in [0.5, 0.6) is 0 Å². The van der Waals surface area contributed by atoms with E-state index < -0.39 is 0 Å². The number of benzene rings is 1. The lowest BCUT2D eigenvalue weighted by atomic mass is 9.91. The molecule has 2 nitrogen and oxygen atoms in total. The van der Waals surface area contributed by atoms with Crippen molar-refractivity contribution < 1.29 is 2.85 Å². The van der Waals surface area contributed by atoms with Crippen LogP contribution in [0.3, 0.4) is 0 Å². The van der Waals surface area contributed by atoms with Gasteiger partial charge in [0.1, 0.15) is 0 Å². The van der Waals surface area contributed by atoms with Crippen molar-refractivity contribution in [1.29, 1.82) is 0 Å². The minimum atomic E-state index is 0. The van der Waals surface area contributed by atoms with E-state index >= 15 is 0 Å². The summed E-state index contributed by atoms with van der Waals surface area (Å²) >= 11 is 0. The fourth-order valence-corrected chi connectivity index (χ4v) is 4.11. The van der Waals surface area contributed by atoms with Crippen LogP contribution in [-0.2, 0) is 6.54 Å². The van der Waals surface area contributed by atoms with Gasteiger partial charge in [-0.05, 0) is 76.6 Å². The molecule has 2 heteroatoms. The van der Waals surface area contributed by atoms with Crippen molar-refractivity contribution >= 4 is 0 Å². The average Bonchev–Trinajstić information content (AvgIpc) is 2.61. The minimum Gasteiger partial charge on any atom is -0.305 e. The van der Waals surface area contributed by atoms with Gasteiger partial charge in [0.15, 0.2) is 0 Å². The first-order chi connectivity index (χ1) is 13.2. The Morgan fingerprint density at radius 2 is 1.50 bits per heavy atom. The molecule has 0 saturated heterocycles. The average molecular weight is 383 g/mol. The maximum absolute atomic E-state index is 4.28. The fraction of sp³-hybridized carbons (Fsp3) is 0.462. The summed E-state index contributed by atoms with van der Waals surface area (Å²) in [6.07, 6.45) is 4.69. The lowest BCUT2D eigenvalue weighted by Gasteiger charge is -2.32.